The molecule has 0 spiro atoms. The molecule has 0 fully saturated rings. The van der Waals surface area contributed by atoms with E-state index in [1.54, 1.807) is 12.1 Å². The number of para-hydroxylation sites is 1. The van der Waals surface area contributed by atoms with E-state index in [1.807, 2.05) is 39.0 Å². The zero-order valence-electron chi connectivity index (χ0n) is 13.1. The highest BCUT2D eigenvalue weighted by atomic mass is 32.2. The van der Waals surface area contributed by atoms with Gasteiger partial charge in [-0.05, 0) is 43.5 Å². The van der Waals surface area contributed by atoms with Crippen molar-refractivity contribution in [3.05, 3.63) is 47.7 Å². The van der Waals surface area contributed by atoms with Crippen LogP contribution in [0.2, 0.25) is 0 Å². The van der Waals surface area contributed by atoms with Crippen LogP contribution < -0.4 is 10.0 Å². The van der Waals surface area contributed by atoms with Crippen molar-refractivity contribution in [2.45, 2.75) is 27.2 Å². The minimum Gasteiger partial charge on any atom is -0.340 e. The van der Waals surface area contributed by atoms with Crippen molar-refractivity contribution in [1.29, 1.82) is 0 Å². The van der Waals surface area contributed by atoms with Gasteiger partial charge in [0.1, 0.15) is 5.82 Å². The lowest BCUT2D eigenvalue weighted by Gasteiger charge is -2.12. The minimum atomic E-state index is -3.28. The molecular weight excluding hydrogens is 298 g/mol. The summed E-state index contributed by atoms with van der Waals surface area (Å²) < 4.78 is 25.9. The van der Waals surface area contributed by atoms with Crippen molar-refractivity contribution in [2.75, 3.05) is 15.8 Å². The summed E-state index contributed by atoms with van der Waals surface area (Å²) in [5, 5.41) is 3.27. The third-order valence-corrected chi connectivity index (χ3v) is 4.74. The normalized spacial score (nSPS) is 11.2. The predicted octanol–water partition coefficient (Wildman–Crippen LogP) is 3.59. The fourth-order valence-electron chi connectivity index (χ4n) is 2.17. The predicted molar refractivity (Wildman–Crippen MR) is 91.1 cm³/mol. The third kappa shape index (κ3) is 4.21. The van der Waals surface area contributed by atoms with E-state index in [9.17, 15) is 8.42 Å². The number of hydrogen-bond donors (Lipinski definition) is 2. The molecule has 0 aliphatic rings. The first-order valence-electron chi connectivity index (χ1n) is 7.21. The van der Waals surface area contributed by atoms with Gasteiger partial charge in [0.25, 0.3) is 0 Å². The zero-order valence-corrected chi connectivity index (χ0v) is 13.9. The number of benzene rings is 1. The summed E-state index contributed by atoms with van der Waals surface area (Å²) >= 11 is 0. The number of nitrogens with one attached hydrogen (secondary N) is 2. The van der Waals surface area contributed by atoms with Crippen LogP contribution in [0.1, 0.15) is 24.5 Å². The fourth-order valence-corrected chi connectivity index (χ4v) is 3.29. The van der Waals surface area contributed by atoms with Crippen LogP contribution in [-0.4, -0.2) is 19.2 Å². The van der Waals surface area contributed by atoms with Crippen LogP contribution in [0.15, 0.2) is 36.5 Å². The zero-order chi connectivity index (χ0) is 16.2. The van der Waals surface area contributed by atoms with Gasteiger partial charge in [0, 0.05) is 5.69 Å². The van der Waals surface area contributed by atoms with E-state index in [0.717, 1.165) is 16.8 Å². The first kappa shape index (κ1) is 16.3. The van der Waals surface area contributed by atoms with Crippen LogP contribution in [-0.2, 0) is 10.0 Å². The molecule has 118 valence electrons. The van der Waals surface area contributed by atoms with Gasteiger partial charge in [0.2, 0.25) is 10.0 Å². The van der Waals surface area contributed by atoms with Crippen LogP contribution in [0.25, 0.3) is 0 Å². The van der Waals surface area contributed by atoms with Gasteiger partial charge in [-0.3, -0.25) is 4.72 Å². The molecule has 1 heterocycles. The van der Waals surface area contributed by atoms with Crippen LogP contribution in [0.3, 0.4) is 0 Å². The Bertz CT molecular complexity index is 720. The molecule has 1 aromatic carbocycles. The molecule has 22 heavy (non-hydrogen) atoms. The molecular formula is C16H21N3O2S. The number of nitrogens with zero attached hydrogens (tertiary/aromatic N) is 1. The van der Waals surface area contributed by atoms with Crippen molar-refractivity contribution in [2.24, 2.45) is 0 Å². The van der Waals surface area contributed by atoms with Gasteiger partial charge >= 0.3 is 0 Å². The molecule has 0 atom stereocenters. The highest BCUT2D eigenvalue weighted by Gasteiger charge is 2.09. The number of hydrogen-bond acceptors (Lipinski definition) is 4. The van der Waals surface area contributed by atoms with E-state index in [1.165, 1.54) is 6.20 Å². The summed E-state index contributed by atoms with van der Waals surface area (Å²) in [4.78, 5) is 4.26. The molecule has 6 heteroatoms. The molecule has 0 unspecified atom stereocenters. The first-order valence-corrected chi connectivity index (χ1v) is 8.86. The number of pyridine rings is 1. The van der Waals surface area contributed by atoms with E-state index in [2.05, 4.69) is 15.0 Å². The largest absolute Gasteiger partial charge is 0.340 e. The average Bonchev–Trinajstić information content (AvgIpc) is 2.44. The monoisotopic (exact) mass is 319 g/mol. The number of sulfonamides is 1. The Morgan fingerprint density at radius 2 is 1.77 bits per heavy atom. The minimum absolute atomic E-state index is 0.107. The molecule has 0 saturated carbocycles. The summed E-state index contributed by atoms with van der Waals surface area (Å²) in [5.74, 6) is 0.783. The molecule has 5 nitrogen and oxygen atoms in total. The number of rotatable bonds is 6. The van der Waals surface area contributed by atoms with Crippen molar-refractivity contribution in [1.82, 2.24) is 4.98 Å². The fraction of sp³-hybridized carbons (Fsp3) is 0.312. The lowest BCUT2D eigenvalue weighted by atomic mass is 10.1. The smallest absolute Gasteiger partial charge is 0.232 e. The number of anilines is 3. The molecule has 0 radical (unpaired) electrons. The Morgan fingerprint density at radius 1 is 1.09 bits per heavy atom. The molecule has 1 aromatic heterocycles. The van der Waals surface area contributed by atoms with E-state index in [4.69, 9.17) is 0 Å². The summed E-state index contributed by atoms with van der Waals surface area (Å²) in [6.45, 7) is 5.89. The number of aryl methyl sites for hydroxylation is 2. The second kappa shape index (κ2) is 6.79. The van der Waals surface area contributed by atoms with Gasteiger partial charge < -0.3 is 5.32 Å². The summed E-state index contributed by atoms with van der Waals surface area (Å²) in [5.41, 5.74) is 3.76. The Labute approximate surface area is 131 Å². The van der Waals surface area contributed by atoms with Crippen molar-refractivity contribution >= 4 is 27.2 Å². The molecule has 0 saturated heterocycles. The second-order valence-electron chi connectivity index (χ2n) is 5.24. The SMILES string of the molecule is CCCS(=O)(=O)Nc1ccc(Nc2c(C)cccc2C)nc1. The molecule has 0 bridgehead atoms. The second-order valence-corrected chi connectivity index (χ2v) is 7.09. The van der Waals surface area contributed by atoms with Crippen molar-refractivity contribution < 1.29 is 8.42 Å². The maximum atomic E-state index is 11.7. The lowest BCUT2D eigenvalue weighted by molar-refractivity contribution is 0.600. The Kier molecular flexibility index (Phi) is 5.03. The third-order valence-electron chi connectivity index (χ3n) is 3.24. The van der Waals surface area contributed by atoms with Crippen molar-refractivity contribution in [3.63, 3.8) is 0 Å². The van der Waals surface area contributed by atoms with E-state index in [0.29, 0.717) is 17.9 Å². The summed E-state index contributed by atoms with van der Waals surface area (Å²) in [6.07, 6.45) is 2.10. The van der Waals surface area contributed by atoms with Crippen LogP contribution in [0.5, 0.6) is 0 Å². The lowest BCUT2D eigenvalue weighted by Crippen LogP contribution is -2.16. The van der Waals surface area contributed by atoms with Gasteiger partial charge in [0.15, 0.2) is 0 Å². The van der Waals surface area contributed by atoms with Crippen molar-refractivity contribution in [3.8, 4) is 0 Å². The van der Waals surface area contributed by atoms with Gasteiger partial charge in [-0.1, -0.05) is 25.1 Å². The van der Waals surface area contributed by atoms with Gasteiger partial charge in [-0.15, -0.1) is 0 Å². The topological polar surface area (TPSA) is 71.1 Å². The van der Waals surface area contributed by atoms with Gasteiger partial charge in [-0.2, -0.15) is 0 Å². The average molecular weight is 319 g/mol. The van der Waals surface area contributed by atoms with Crippen LogP contribution in [0.4, 0.5) is 17.2 Å². The molecule has 0 aliphatic heterocycles. The standard InChI is InChI=1S/C16H21N3O2S/c1-4-10-22(20,21)19-14-8-9-15(17-11-14)18-16-12(2)6-5-7-13(16)3/h5-9,11,19H,4,10H2,1-3H3,(H,17,18). The number of aromatic nitrogens is 1. The maximum absolute atomic E-state index is 11.7. The highest BCUT2D eigenvalue weighted by Crippen LogP contribution is 2.23. The highest BCUT2D eigenvalue weighted by molar-refractivity contribution is 7.92. The molecule has 0 amide bonds. The summed E-state index contributed by atoms with van der Waals surface area (Å²) in [6, 6.07) is 9.53. The Hall–Kier alpha value is -2.08. The Morgan fingerprint density at radius 3 is 2.32 bits per heavy atom. The van der Waals surface area contributed by atoms with Gasteiger partial charge in [0.05, 0.1) is 17.6 Å². The van der Waals surface area contributed by atoms with Crippen LogP contribution in [0, 0.1) is 13.8 Å². The Balaban J connectivity index is 2.13. The molecule has 2 rings (SSSR count). The molecule has 0 aliphatic carbocycles. The first-order chi connectivity index (χ1) is 10.4. The molecule has 2 N–H and O–H groups in total. The van der Waals surface area contributed by atoms with E-state index < -0.39 is 10.0 Å². The van der Waals surface area contributed by atoms with E-state index >= 15 is 0 Å². The van der Waals surface area contributed by atoms with E-state index in [-0.39, 0.29) is 5.75 Å². The summed E-state index contributed by atoms with van der Waals surface area (Å²) in [7, 11) is -3.28. The molecule has 2 aromatic rings. The maximum Gasteiger partial charge on any atom is 0.232 e. The van der Waals surface area contributed by atoms with Gasteiger partial charge in [-0.25, -0.2) is 13.4 Å². The quantitative estimate of drug-likeness (QED) is 0.853. The van der Waals surface area contributed by atoms with Crippen LogP contribution >= 0.6 is 0 Å².